The molecule has 0 bridgehead atoms. The topological polar surface area (TPSA) is 133 Å². The van der Waals surface area contributed by atoms with E-state index >= 15 is 0 Å². The van der Waals surface area contributed by atoms with Gasteiger partial charge in [-0.25, -0.2) is 0 Å². The molecule has 7 nitrogen and oxygen atoms in total. The average Bonchev–Trinajstić information content (AvgIpc) is 2.01. The maximum atomic E-state index is 10.5. The summed E-state index contributed by atoms with van der Waals surface area (Å²) in [5.41, 5.74) is 0.400. The molecule has 9 heteroatoms. The fourth-order valence-corrected chi connectivity index (χ4v) is 1.44. The van der Waals surface area contributed by atoms with Crippen LogP contribution in [-0.2, 0) is 13.7 Å². The lowest BCUT2D eigenvalue weighted by Crippen LogP contribution is -2.20. The van der Waals surface area contributed by atoms with E-state index < -0.39 is 21.2 Å². The third kappa shape index (κ3) is 4.48. The fraction of sp³-hybridized carbons (Fsp3) is 0.600. The maximum absolute atomic E-state index is 10.5. The van der Waals surface area contributed by atoms with Crippen molar-refractivity contribution in [2.24, 2.45) is 0 Å². The molecule has 0 aliphatic carbocycles. The molecule has 0 fully saturated rings. The Hall–Kier alpha value is -0.0000000000000000694. The Morgan fingerprint density at radius 2 is 1.93 bits per heavy atom. The molecule has 1 N–H and O–H groups in total. The van der Waals surface area contributed by atoms with Gasteiger partial charge in [0.05, 0.1) is 13.2 Å². The SMILES string of the molecule is C/C(=C\COP(=O)([O-])P(=O)([O-])[O-])CO. The molecule has 0 aromatic heterocycles. The Bertz CT molecular complexity index is 303. The minimum absolute atomic E-state index is 0.307. The highest BCUT2D eigenvalue weighted by atomic mass is 32.1. The van der Waals surface area contributed by atoms with E-state index in [9.17, 15) is 23.8 Å². The molecule has 1 unspecified atom stereocenters. The van der Waals surface area contributed by atoms with E-state index in [1.54, 1.807) is 0 Å². The van der Waals surface area contributed by atoms with Gasteiger partial charge in [-0.05, 0) is 12.5 Å². The first-order valence-corrected chi connectivity index (χ1v) is 7.24. The number of hydrogen-bond acceptors (Lipinski definition) is 7. The van der Waals surface area contributed by atoms with Crippen molar-refractivity contribution in [3.05, 3.63) is 11.6 Å². The Balaban J connectivity index is 4.29. The molecule has 0 amide bonds. The van der Waals surface area contributed by atoms with Crippen molar-refractivity contribution in [1.29, 1.82) is 0 Å². The second-order valence-corrected chi connectivity index (χ2v) is 7.51. The van der Waals surface area contributed by atoms with E-state index in [1.807, 2.05) is 0 Å². The molecule has 0 aromatic rings. The minimum atomic E-state index is -5.75. The summed E-state index contributed by atoms with van der Waals surface area (Å²) in [5.74, 6) is 0. The molecule has 0 saturated heterocycles. The second-order valence-electron chi connectivity index (χ2n) is 2.44. The quantitative estimate of drug-likeness (QED) is 0.450. The highest BCUT2D eigenvalue weighted by Gasteiger charge is 2.12. The lowest BCUT2D eigenvalue weighted by Gasteiger charge is -2.41. The Morgan fingerprint density at radius 3 is 2.29 bits per heavy atom. The van der Waals surface area contributed by atoms with Crippen molar-refractivity contribution >= 4 is 14.6 Å². The first-order chi connectivity index (χ1) is 6.20. The Kier molecular flexibility index (Phi) is 5.19. The second kappa shape index (κ2) is 5.19. The van der Waals surface area contributed by atoms with Crippen molar-refractivity contribution in [2.75, 3.05) is 13.2 Å². The van der Waals surface area contributed by atoms with Crippen molar-refractivity contribution in [2.45, 2.75) is 6.92 Å². The van der Waals surface area contributed by atoms with Gasteiger partial charge in [0, 0.05) is 7.28 Å². The summed E-state index contributed by atoms with van der Waals surface area (Å²) in [5, 5.41) is 8.47. The smallest absolute Gasteiger partial charge is 0.164 e. The summed E-state index contributed by atoms with van der Waals surface area (Å²) in [7, 11) is -11.1. The molecule has 84 valence electrons. The minimum Gasteiger partial charge on any atom is -0.805 e. The van der Waals surface area contributed by atoms with Crippen LogP contribution in [0.1, 0.15) is 6.92 Å². The normalized spacial score (nSPS) is 17.9. The predicted octanol–water partition coefficient (Wildman–Crippen LogP) is -1.68. The zero-order chi connectivity index (χ0) is 11.4. The lowest BCUT2D eigenvalue weighted by atomic mass is 10.3. The molecule has 0 aliphatic rings. The first kappa shape index (κ1) is 14.0. The van der Waals surface area contributed by atoms with E-state index in [1.165, 1.54) is 6.92 Å². The number of aliphatic hydroxyl groups is 1. The summed E-state index contributed by atoms with van der Waals surface area (Å²) < 4.78 is 24.5. The fourth-order valence-electron chi connectivity index (χ4n) is 0.409. The van der Waals surface area contributed by atoms with E-state index in [2.05, 4.69) is 4.52 Å². The molecular formula is C5H9O7P2-3. The molecule has 14 heavy (non-hydrogen) atoms. The molecule has 0 heterocycles. The summed E-state index contributed by atoms with van der Waals surface area (Å²) in [6.07, 6.45) is 1.15. The van der Waals surface area contributed by atoms with Crippen LogP contribution in [0, 0.1) is 0 Å². The number of aliphatic hydroxyl groups excluding tert-OH is 1. The first-order valence-electron chi connectivity index (χ1n) is 3.45. The van der Waals surface area contributed by atoms with Gasteiger partial charge in [0.15, 0.2) is 7.28 Å². The van der Waals surface area contributed by atoms with Gasteiger partial charge < -0.3 is 33.4 Å². The van der Waals surface area contributed by atoms with E-state index in [0.717, 1.165) is 6.08 Å². The van der Waals surface area contributed by atoms with E-state index in [-0.39, 0.29) is 6.61 Å². The molecule has 0 saturated carbocycles. The highest BCUT2D eigenvalue weighted by Crippen LogP contribution is 2.66. The van der Waals surface area contributed by atoms with Gasteiger partial charge in [0.2, 0.25) is 0 Å². The van der Waals surface area contributed by atoms with Crippen LogP contribution in [0.25, 0.3) is 0 Å². The molecule has 0 spiro atoms. The van der Waals surface area contributed by atoms with Gasteiger partial charge >= 0.3 is 0 Å². The third-order valence-corrected chi connectivity index (χ3v) is 4.44. The van der Waals surface area contributed by atoms with Crippen LogP contribution < -0.4 is 14.7 Å². The summed E-state index contributed by atoms with van der Waals surface area (Å²) in [4.78, 5) is 30.7. The van der Waals surface area contributed by atoms with Crippen molar-refractivity contribution in [3.8, 4) is 0 Å². The van der Waals surface area contributed by atoms with Gasteiger partial charge in [-0.3, -0.25) is 0 Å². The van der Waals surface area contributed by atoms with Crippen molar-refractivity contribution in [1.82, 2.24) is 0 Å². The van der Waals surface area contributed by atoms with Crippen LogP contribution in [-0.4, -0.2) is 18.3 Å². The molecule has 1 atom stereocenters. The van der Waals surface area contributed by atoms with E-state index in [0.29, 0.717) is 5.57 Å². The Labute approximate surface area is 80.6 Å². The predicted molar refractivity (Wildman–Crippen MR) is 42.0 cm³/mol. The molecule has 0 rings (SSSR count). The molecule has 0 aliphatic heterocycles. The summed E-state index contributed by atoms with van der Waals surface area (Å²) >= 11 is 0. The van der Waals surface area contributed by atoms with Gasteiger partial charge in [-0.15, -0.1) is 0 Å². The standard InChI is InChI=1S/C5H12O7P2/c1-5(4-6)2-3-12-14(10,11)13(7,8)9/h2,6H,3-4H2,1H3,(H,10,11)(H2,7,8,9)/p-3/b5-2+. The van der Waals surface area contributed by atoms with E-state index in [4.69, 9.17) is 5.11 Å². The zero-order valence-electron chi connectivity index (χ0n) is 7.28. The molecular weight excluding hydrogens is 234 g/mol. The Morgan fingerprint density at radius 1 is 1.43 bits per heavy atom. The van der Waals surface area contributed by atoms with Crippen LogP contribution in [0.4, 0.5) is 0 Å². The van der Waals surface area contributed by atoms with Crippen LogP contribution >= 0.6 is 14.6 Å². The third-order valence-electron chi connectivity index (χ3n) is 1.22. The maximum Gasteiger partial charge on any atom is 0.164 e. The van der Waals surface area contributed by atoms with Crippen molar-refractivity contribution in [3.63, 3.8) is 0 Å². The molecule has 0 aromatic carbocycles. The average molecular weight is 243 g/mol. The highest BCUT2D eigenvalue weighted by molar-refractivity contribution is 8.24. The summed E-state index contributed by atoms with van der Waals surface area (Å²) in [6.45, 7) is 0.591. The monoisotopic (exact) mass is 243 g/mol. The van der Waals surface area contributed by atoms with Crippen molar-refractivity contribution < 1.29 is 33.4 Å². The van der Waals surface area contributed by atoms with Gasteiger partial charge in [0.1, 0.15) is 0 Å². The van der Waals surface area contributed by atoms with Gasteiger partial charge in [0.25, 0.3) is 0 Å². The summed E-state index contributed by atoms with van der Waals surface area (Å²) in [6, 6.07) is 0. The van der Waals surface area contributed by atoms with Crippen LogP contribution in [0.3, 0.4) is 0 Å². The number of hydrogen-bond donors (Lipinski definition) is 1. The van der Waals surface area contributed by atoms with Crippen LogP contribution in [0.15, 0.2) is 11.6 Å². The zero-order valence-corrected chi connectivity index (χ0v) is 9.07. The van der Waals surface area contributed by atoms with Crippen LogP contribution in [0.2, 0.25) is 0 Å². The largest absolute Gasteiger partial charge is 0.805 e. The molecule has 0 radical (unpaired) electrons. The lowest BCUT2D eigenvalue weighted by molar-refractivity contribution is -0.314. The van der Waals surface area contributed by atoms with Crippen LogP contribution in [0.5, 0.6) is 0 Å². The van der Waals surface area contributed by atoms with Gasteiger partial charge in [-0.2, -0.15) is 0 Å². The van der Waals surface area contributed by atoms with Gasteiger partial charge in [-0.1, -0.05) is 6.08 Å². The number of rotatable bonds is 5.